The molecule has 0 aromatic heterocycles. The van der Waals surface area contributed by atoms with Crippen molar-refractivity contribution in [3.63, 3.8) is 0 Å². The first kappa shape index (κ1) is 18.6. The van der Waals surface area contributed by atoms with Crippen LogP contribution in [0, 0.1) is 5.92 Å². The first-order valence-electron chi connectivity index (χ1n) is 7.93. The highest BCUT2D eigenvalue weighted by Crippen LogP contribution is 2.42. The zero-order chi connectivity index (χ0) is 18.4. The normalized spacial score (nSPS) is 12.8. The van der Waals surface area contributed by atoms with Crippen LogP contribution in [-0.4, -0.2) is 27.2 Å². The zero-order valence-corrected chi connectivity index (χ0v) is 14.9. The van der Waals surface area contributed by atoms with Gasteiger partial charge in [-0.05, 0) is 17.7 Å². The van der Waals surface area contributed by atoms with Crippen LogP contribution in [0.25, 0.3) is 0 Å². The van der Waals surface area contributed by atoms with Crippen LogP contribution >= 0.6 is 0 Å². The predicted octanol–water partition coefficient (Wildman–Crippen LogP) is 2.99. The van der Waals surface area contributed by atoms with Crippen LogP contribution < -0.4 is 25.3 Å². The molecule has 2 atom stereocenters. The van der Waals surface area contributed by atoms with Crippen molar-refractivity contribution in [1.82, 2.24) is 0 Å². The van der Waals surface area contributed by atoms with Gasteiger partial charge in [0.15, 0.2) is 11.5 Å². The molecule has 0 saturated heterocycles. The molecule has 0 radical (unpaired) electrons. The molecule has 0 spiro atoms. The quantitative estimate of drug-likeness (QED) is 0.807. The van der Waals surface area contributed by atoms with E-state index in [2.05, 4.69) is 5.32 Å². The van der Waals surface area contributed by atoms with Crippen molar-refractivity contribution in [2.75, 3.05) is 26.6 Å². The SMILES string of the molecule is COc1ccc(NC(=O)C(C)C(N)c2ccccc2)c(OC)c1OC. The number of carbonyl (C=O) groups is 1. The van der Waals surface area contributed by atoms with Crippen molar-refractivity contribution in [3.05, 3.63) is 48.0 Å². The monoisotopic (exact) mass is 344 g/mol. The van der Waals surface area contributed by atoms with Gasteiger partial charge < -0.3 is 25.3 Å². The summed E-state index contributed by atoms with van der Waals surface area (Å²) in [6.07, 6.45) is 0. The van der Waals surface area contributed by atoms with Crippen LogP contribution in [0.5, 0.6) is 17.2 Å². The van der Waals surface area contributed by atoms with Gasteiger partial charge in [-0.15, -0.1) is 0 Å². The Balaban J connectivity index is 2.22. The van der Waals surface area contributed by atoms with Crippen molar-refractivity contribution in [2.45, 2.75) is 13.0 Å². The molecular weight excluding hydrogens is 320 g/mol. The van der Waals surface area contributed by atoms with Crippen molar-refractivity contribution >= 4 is 11.6 Å². The Kier molecular flexibility index (Phi) is 6.25. The molecule has 2 aromatic carbocycles. The van der Waals surface area contributed by atoms with Crippen LogP contribution in [0.4, 0.5) is 5.69 Å². The van der Waals surface area contributed by atoms with Gasteiger partial charge in [0.1, 0.15) is 0 Å². The second kappa shape index (κ2) is 8.39. The van der Waals surface area contributed by atoms with Crippen LogP contribution in [0.3, 0.4) is 0 Å². The summed E-state index contributed by atoms with van der Waals surface area (Å²) in [4.78, 5) is 12.6. The number of rotatable bonds is 7. The Labute approximate surface area is 147 Å². The van der Waals surface area contributed by atoms with Crippen molar-refractivity contribution < 1.29 is 19.0 Å². The molecule has 0 heterocycles. The van der Waals surface area contributed by atoms with Gasteiger partial charge in [0.05, 0.1) is 32.9 Å². The summed E-state index contributed by atoms with van der Waals surface area (Å²) in [6, 6.07) is 12.5. The lowest BCUT2D eigenvalue weighted by Gasteiger charge is -2.21. The first-order chi connectivity index (χ1) is 12.0. The van der Waals surface area contributed by atoms with Gasteiger partial charge in [0, 0.05) is 6.04 Å². The third-order valence-corrected chi connectivity index (χ3v) is 4.10. The smallest absolute Gasteiger partial charge is 0.229 e. The topological polar surface area (TPSA) is 82.8 Å². The Morgan fingerprint density at radius 1 is 0.960 bits per heavy atom. The van der Waals surface area contributed by atoms with Crippen molar-refractivity contribution in [3.8, 4) is 17.2 Å². The molecule has 0 saturated carbocycles. The molecule has 0 aliphatic heterocycles. The average molecular weight is 344 g/mol. The molecule has 0 bridgehead atoms. The van der Waals surface area contributed by atoms with Gasteiger partial charge in [-0.1, -0.05) is 37.3 Å². The molecule has 3 N–H and O–H groups in total. The van der Waals surface area contributed by atoms with E-state index in [4.69, 9.17) is 19.9 Å². The summed E-state index contributed by atoms with van der Waals surface area (Å²) in [7, 11) is 4.56. The van der Waals surface area contributed by atoms with E-state index in [1.54, 1.807) is 19.1 Å². The van der Waals surface area contributed by atoms with Crippen LogP contribution in [0.2, 0.25) is 0 Å². The molecular formula is C19H24N2O4. The van der Waals surface area contributed by atoms with Gasteiger partial charge >= 0.3 is 0 Å². The fourth-order valence-electron chi connectivity index (χ4n) is 2.57. The van der Waals surface area contributed by atoms with E-state index in [0.717, 1.165) is 5.56 Å². The molecule has 2 rings (SSSR count). The van der Waals surface area contributed by atoms with Gasteiger partial charge in [0.2, 0.25) is 11.7 Å². The van der Waals surface area contributed by atoms with E-state index < -0.39 is 12.0 Å². The van der Waals surface area contributed by atoms with E-state index in [-0.39, 0.29) is 5.91 Å². The van der Waals surface area contributed by atoms with Crippen LogP contribution in [-0.2, 0) is 4.79 Å². The fourth-order valence-corrected chi connectivity index (χ4v) is 2.57. The number of benzene rings is 2. The molecule has 0 aliphatic rings. The summed E-state index contributed by atoms with van der Waals surface area (Å²) < 4.78 is 16.0. The van der Waals surface area contributed by atoms with Gasteiger partial charge in [-0.25, -0.2) is 0 Å². The van der Waals surface area contributed by atoms with Crippen molar-refractivity contribution in [1.29, 1.82) is 0 Å². The van der Waals surface area contributed by atoms with Crippen LogP contribution in [0.1, 0.15) is 18.5 Å². The number of nitrogens with two attached hydrogens (primary N) is 1. The number of methoxy groups -OCH3 is 3. The minimum absolute atomic E-state index is 0.207. The van der Waals surface area contributed by atoms with E-state index in [0.29, 0.717) is 22.9 Å². The van der Waals surface area contributed by atoms with E-state index >= 15 is 0 Å². The molecule has 1 amide bonds. The maximum atomic E-state index is 12.6. The van der Waals surface area contributed by atoms with E-state index in [1.807, 2.05) is 30.3 Å². The molecule has 2 aromatic rings. The lowest BCUT2D eigenvalue weighted by Crippen LogP contribution is -2.30. The molecule has 6 nitrogen and oxygen atoms in total. The maximum absolute atomic E-state index is 12.6. The lowest BCUT2D eigenvalue weighted by molar-refractivity contribution is -0.120. The lowest BCUT2D eigenvalue weighted by atomic mass is 9.94. The van der Waals surface area contributed by atoms with Gasteiger partial charge in [0.25, 0.3) is 0 Å². The Morgan fingerprint density at radius 2 is 1.60 bits per heavy atom. The highest BCUT2D eigenvalue weighted by atomic mass is 16.5. The molecule has 2 unspecified atom stereocenters. The summed E-state index contributed by atoms with van der Waals surface area (Å²) in [5.74, 6) is 0.701. The molecule has 0 aliphatic carbocycles. The number of ether oxygens (including phenoxy) is 3. The highest BCUT2D eigenvalue weighted by molar-refractivity contribution is 5.95. The number of hydrogen-bond donors (Lipinski definition) is 2. The fraction of sp³-hybridized carbons (Fsp3) is 0.316. The molecule has 6 heteroatoms. The second-order valence-electron chi connectivity index (χ2n) is 5.60. The number of amides is 1. The van der Waals surface area contributed by atoms with Crippen LogP contribution in [0.15, 0.2) is 42.5 Å². The molecule has 134 valence electrons. The molecule has 0 fully saturated rings. The Morgan fingerprint density at radius 3 is 2.16 bits per heavy atom. The van der Waals surface area contributed by atoms with Gasteiger partial charge in [-0.2, -0.15) is 0 Å². The average Bonchev–Trinajstić information content (AvgIpc) is 2.66. The van der Waals surface area contributed by atoms with E-state index in [1.165, 1.54) is 21.3 Å². The Hall–Kier alpha value is -2.73. The van der Waals surface area contributed by atoms with Crippen molar-refractivity contribution in [2.24, 2.45) is 11.7 Å². The third-order valence-electron chi connectivity index (χ3n) is 4.10. The standard InChI is InChI=1S/C19H24N2O4/c1-12(16(20)13-8-6-5-7-9-13)19(22)21-14-10-11-15(23-2)18(25-4)17(14)24-3/h5-12,16H,20H2,1-4H3,(H,21,22). The predicted molar refractivity (Wildman–Crippen MR) is 97.3 cm³/mol. The minimum atomic E-state index is -0.430. The number of hydrogen-bond acceptors (Lipinski definition) is 5. The summed E-state index contributed by atoms with van der Waals surface area (Å²) in [5, 5.41) is 2.86. The number of carbonyl (C=O) groups excluding carboxylic acids is 1. The highest BCUT2D eigenvalue weighted by Gasteiger charge is 2.24. The first-order valence-corrected chi connectivity index (χ1v) is 7.93. The summed E-state index contributed by atoms with van der Waals surface area (Å²) >= 11 is 0. The largest absolute Gasteiger partial charge is 0.493 e. The zero-order valence-electron chi connectivity index (χ0n) is 14.9. The van der Waals surface area contributed by atoms with Gasteiger partial charge in [-0.3, -0.25) is 4.79 Å². The van der Waals surface area contributed by atoms with E-state index in [9.17, 15) is 4.79 Å². The minimum Gasteiger partial charge on any atom is -0.493 e. The summed E-state index contributed by atoms with van der Waals surface area (Å²) in [6.45, 7) is 1.79. The molecule has 25 heavy (non-hydrogen) atoms. The summed E-state index contributed by atoms with van der Waals surface area (Å²) in [5.41, 5.74) is 7.63. The number of nitrogens with one attached hydrogen (secondary N) is 1. The maximum Gasteiger partial charge on any atom is 0.229 e. The number of anilines is 1. The third kappa shape index (κ3) is 4.03. The Bertz CT molecular complexity index is 719. The second-order valence-corrected chi connectivity index (χ2v) is 5.60.